The van der Waals surface area contributed by atoms with Crippen LogP contribution in [0, 0.1) is 5.41 Å². The highest BCUT2D eigenvalue weighted by molar-refractivity contribution is 7.17. The number of aromatic nitrogens is 1. The van der Waals surface area contributed by atoms with E-state index in [0.717, 1.165) is 0 Å². The molecular weight excluding hydrogens is 415 g/mol. The minimum atomic E-state index is -4.92. The number of esters is 1. The van der Waals surface area contributed by atoms with Crippen molar-refractivity contribution >= 4 is 34.3 Å². The van der Waals surface area contributed by atoms with Gasteiger partial charge in [-0.05, 0) is 18.8 Å². The Hall–Kier alpha value is -2.21. The van der Waals surface area contributed by atoms with Crippen molar-refractivity contribution in [2.24, 2.45) is 5.41 Å². The third-order valence-corrected chi connectivity index (χ3v) is 4.65. The van der Waals surface area contributed by atoms with E-state index in [2.05, 4.69) is 20.4 Å². The highest BCUT2D eigenvalue weighted by Gasteiger charge is 2.40. The topological polar surface area (TPSA) is 118 Å². The van der Waals surface area contributed by atoms with Crippen molar-refractivity contribution < 1.29 is 37.4 Å². The highest BCUT2D eigenvalue weighted by atomic mass is 32.1. The number of carbonyl (C=O) groups is 3. The molecule has 12 heteroatoms. The summed E-state index contributed by atoms with van der Waals surface area (Å²) in [6, 6.07) is -1.12. The van der Waals surface area contributed by atoms with Crippen LogP contribution in [-0.2, 0) is 20.5 Å². The number of halogens is 3. The van der Waals surface area contributed by atoms with Crippen molar-refractivity contribution in [1.82, 2.24) is 10.3 Å². The highest BCUT2D eigenvalue weighted by Crippen LogP contribution is 2.36. The lowest BCUT2D eigenvalue weighted by Crippen LogP contribution is -2.50. The molecule has 1 rings (SSSR count). The zero-order chi connectivity index (χ0) is 22.6. The van der Waals surface area contributed by atoms with E-state index in [9.17, 15) is 32.7 Å². The Labute approximate surface area is 169 Å². The molecule has 0 aliphatic heterocycles. The van der Waals surface area contributed by atoms with Crippen LogP contribution in [0.1, 0.15) is 56.4 Å². The molecular formula is C17H24F3N3O5S. The van der Waals surface area contributed by atoms with Crippen molar-refractivity contribution in [1.29, 1.82) is 0 Å². The van der Waals surface area contributed by atoms with Gasteiger partial charge in [0.05, 0.1) is 6.61 Å². The first-order valence-electron chi connectivity index (χ1n) is 8.76. The molecule has 2 amide bonds. The van der Waals surface area contributed by atoms with Crippen molar-refractivity contribution in [2.75, 3.05) is 11.9 Å². The van der Waals surface area contributed by atoms with Gasteiger partial charge in [0.1, 0.15) is 17.0 Å². The van der Waals surface area contributed by atoms with Gasteiger partial charge < -0.3 is 20.5 Å². The van der Waals surface area contributed by atoms with E-state index in [-0.39, 0.29) is 13.0 Å². The molecule has 8 nitrogen and oxygen atoms in total. The number of aliphatic hydroxyl groups excluding tert-OH is 1. The first kappa shape index (κ1) is 24.8. The number of thiazole rings is 1. The normalized spacial score (nSPS) is 14.1. The number of alkyl halides is 3. The summed E-state index contributed by atoms with van der Waals surface area (Å²) in [5.41, 5.74) is -2.24. The number of rotatable bonds is 7. The van der Waals surface area contributed by atoms with Crippen molar-refractivity contribution in [3.8, 4) is 0 Å². The molecule has 0 saturated carbocycles. The zero-order valence-electron chi connectivity index (χ0n) is 16.6. The largest absolute Gasteiger partial charge is 0.462 e. The van der Waals surface area contributed by atoms with Crippen LogP contribution in [0.4, 0.5) is 18.3 Å². The van der Waals surface area contributed by atoms with E-state index in [1.807, 2.05) is 0 Å². The molecule has 2 unspecified atom stereocenters. The Morgan fingerprint density at radius 3 is 2.21 bits per heavy atom. The molecule has 0 bridgehead atoms. The van der Waals surface area contributed by atoms with Gasteiger partial charge in [0.2, 0.25) is 11.8 Å². The minimum Gasteiger partial charge on any atom is -0.462 e. The zero-order valence-corrected chi connectivity index (χ0v) is 17.5. The van der Waals surface area contributed by atoms with Gasteiger partial charge in [0.15, 0.2) is 10.8 Å². The molecule has 2 atom stereocenters. The van der Waals surface area contributed by atoms with E-state index in [1.165, 1.54) is 6.92 Å². The molecule has 0 saturated heterocycles. The Balaban J connectivity index is 3.02. The Kier molecular flexibility index (Phi) is 8.16. The maximum atomic E-state index is 13.1. The molecule has 0 fully saturated rings. The molecule has 1 aromatic rings. The summed E-state index contributed by atoms with van der Waals surface area (Å²) in [7, 11) is 0. The number of anilines is 1. The minimum absolute atomic E-state index is 0.108. The first-order chi connectivity index (χ1) is 13.2. The number of hydrogen-bond donors (Lipinski definition) is 3. The summed E-state index contributed by atoms with van der Waals surface area (Å²) in [6.07, 6.45) is -6.20. The molecule has 0 aromatic carbocycles. The molecule has 0 spiro atoms. The smallest absolute Gasteiger partial charge is 0.435 e. The van der Waals surface area contributed by atoms with Gasteiger partial charge in [-0.1, -0.05) is 39.0 Å². The monoisotopic (exact) mass is 439 g/mol. The fourth-order valence-electron chi connectivity index (χ4n) is 2.09. The summed E-state index contributed by atoms with van der Waals surface area (Å²) in [6.45, 7) is 7.77. The van der Waals surface area contributed by atoms with Crippen LogP contribution < -0.4 is 10.6 Å². The van der Waals surface area contributed by atoms with E-state index >= 15 is 0 Å². The van der Waals surface area contributed by atoms with Gasteiger partial charge >= 0.3 is 12.1 Å². The predicted molar refractivity (Wildman–Crippen MR) is 99.4 cm³/mol. The average molecular weight is 439 g/mol. The number of hydrogen-bond acceptors (Lipinski definition) is 7. The maximum absolute atomic E-state index is 13.1. The average Bonchev–Trinajstić information content (AvgIpc) is 3.02. The lowest BCUT2D eigenvalue weighted by Gasteiger charge is -2.26. The van der Waals surface area contributed by atoms with E-state index in [4.69, 9.17) is 0 Å². The second-order valence-corrected chi connectivity index (χ2v) is 8.14. The molecule has 0 aliphatic carbocycles. The van der Waals surface area contributed by atoms with Crippen molar-refractivity contribution in [3.63, 3.8) is 0 Å². The van der Waals surface area contributed by atoms with Crippen molar-refractivity contribution in [2.45, 2.75) is 59.4 Å². The third kappa shape index (κ3) is 6.67. The summed E-state index contributed by atoms with van der Waals surface area (Å²) >= 11 is 0.320. The molecule has 29 heavy (non-hydrogen) atoms. The van der Waals surface area contributed by atoms with Gasteiger partial charge in [-0.3, -0.25) is 9.59 Å². The van der Waals surface area contributed by atoms with Gasteiger partial charge in [-0.15, -0.1) is 0 Å². The predicted octanol–water partition coefficient (Wildman–Crippen LogP) is 2.58. The fourth-order valence-corrected chi connectivity index (χ4v) is 2.97. The number of carbonyl (C=O) groups excluding carboxylic acids is 3. The van der Waals surface area contributed by atoms with E-state index in [0.29, 0.717) is 11.3 Å². The molecule has 3 N–H and O–H groups in total. The van der Waals surface area contributed by atoms with Crippen LogP contribution in [0.15, 0.2) is 0 Å². The van der Waals surface area contributed by atoms with Crippen LogP contribution in [0.5, 0.6) is 0 Å². The van der Waals surface area contributed by atoms with Crippen molar-refractivity contribution in [3.05, 3.63) is 10.6 Å². The van der Waals surface area contributed by atoms with Crippen LogP contribution in [-0.4, -0.2) is 46.6 Å². The van der Waals surface area contributed by atoms with E-state index < -0.39 is 57.2 Å². The van der Waals surface area contributed by atoms with Crippen LogP contribution in [0.3, 0.4) is 0 Å². The lowest BCUT2D eigenvalue weighted by atomic mass is 9.88. The lowest BCUT2D eigenvalue weighted by molar-refractivity contribution is -0.141. The molecule has 1 aromatic heterocycles. The third-order valence-electron chi connectivity index (χ3n) is 3.70. The Morgan fingerprint density at radius 2 is 1.76 bits per heavy atom. The van der Waals surface area contributed by atoms with Gasteiger partial charge in [0.25, 0.3) is 0 Å². The number of aliphatic hydroxyl groups is 1. The van der Waals surface area contributed by atoms with E-state index in [1.54, 1.807) is 27.7 Å². The SMILES string of the molecule is CCOC(=O)c1sc(NC(=O)C(CC)NC(=O)C(O)C(C)(C)C)nc1C(F)(F)F. The second-order valence-electron chi connectivity index (χ2n) is 7.14. The van der Waals surface area contributed by atoms with Crippen LogP contribution in [0.2, 0.25) is 0 Å². The molecule has 0 radical (unpaired) electrons. The Morgan fingerprint density at radius 1 is 1.17 bits per heavy atom. The van der Waals surface area contributed by atoms with Gasteiger partial charge in [0, 0.05) is 0 Å². The van der Waals surface area contributed by atoms with Gasteiger partial charge in [-0.2, -0.15) is 13.2 Å². The summed E-state index contributed by atoms with van der Waals surface area (Å²) in [4.78, 5) is 38.8. The number of nitrogens with one attached hydrogen (secondary N) is 2. The second kappa shape index (κ2) is 9.53. The Bertz CT molecular complexity index is 758. The number of ether oxygens (including phenoxy) is 1. The van der Waals surface area contributed by atoms with Crippen LogP contribution in [0.25, 0.3) is 0 Å². The number of nitrogens with zero attached hydrogens (tertiary/aromatic N) is 1. The summed E-state index contributed by atoms with van der Waals surface area (Å²) < 4.78 is 44.0. The maximum Gasteiger partial charge on any atom is 0.435 e. The summed E-state index contributed by atoms with van der Waals surface area (Å²) in [5.74, 6) is -2.83. The fraction of sp³-hybridized carbons (Fsp3) is 0.647. The quantitative estimate of drug-likeness (QED) is 0.562. The summed E-state index contributed by atoms with van der Waals surface area (Å²) in [5, 5.41) is 14.0. The molecule has 164 valence electrons. The van der Waals surface area contributed by atoms with Gasteiger partial charge in [-0.25, -0.2) is 9.78 Å². The standard InChI is InChI=1S/C17H24F3N3O5S/c1-6-8(21-13(26)11(24)16(3,4)5)12(25)23-15-22-10(17(18,19)20)9(29-15)14(27)28-7-2/h8,11,24H,6-7H2,1-5H3,(H,21,26)(H,22,23,25). The molecule has 1 heterocycles. The number of amides is 2. The van der Waals surface area contributed by atoms with Crippen LogP contribution >= 0.6 is 11.3 Å². The molecule has 0 aliphatic rings. The first-order valence-corrected chi connectivity index (χ1v) is 9.58.